The summed E-state index contributed by atoms with van der Waals surface area (Å²) in [5.41, 5.74) is 2.64. The molecular weight excluding hydrogens is 326 g/mol. The van der Waals surface area contributed by atoms with Crippen LogP contribution in [0.15, 0.2) is 36.5 Å². The van der Waals surface area contributed by atoms with Crippen LogP contribution in [0.25, 0.3) is 0 Å². The van der Waals surface area contributed by atoms with Crippen molar-refractivity contribution in [1.82, 2.24) is 9.88 Å². The molecular formula is C21H27N3O2. The van der Waals surface area contributed by atoms with Crippen LogP contribution in [0.3, 0.4) is 0 Å². The first-order valence-corrected chi connectivity index (χ1v) is 9.31. The Kier molecular flexibility index (Phi) is 5.76. The fourth-order valence-corrected chi connectivity index (χ4v) is 3.51. The SMILES string of the molecule is CCC1CCCCN1C(=O)c1ccc(Nc2cc(C)ccc2OC)nc1. The summed E-state index contributed by atoms with van der Waals surface area (Å²) < 4.78 is 5.39. The molecule has 1 aliphatic heterocycles. The Hall–Kier alpha value is -2.56. The number of hydrogen-bond acceptors (Lipinski definition) is 4. The van der Waals surface area contributed by atoms with Crippen LogP contribution in [-0.4, -0.2) is 35.5 Å². The summed E-state index contributed by atoms with van der Waals surface area (Å²) in [6, 6.07) is 9.99. The first-order valence-electron chi connectivity index (χ1n) is 9.31. The van der Waals surface area contributed by atoms with E-state index >= 15 is 0 Å². The predicted octanol–water partition coefficient (Wildman–Crippen LogP) is 4.55. The normalized spacial score (nSPS) is 17.0. The third kappa shape index (κ3) is 3.98. The highest BCUT2D eigenvalue weighted by molar-refractivity contribution is 5.94. The molecule has 1 N–H and O–H groups in total. The van der Waals surface area contributed by atoms with Gasteiger partial charge in [-0.25, -0.2) is 4.98 Å². The Morgan fingerprint density at radius 2 is 2.15 bits per heavy atom. The zero-order valence-corrected chi connectivity index (χ0v) is 15.8. The quantitative estimate of drug-likeness (QED) is 0.857. The molecule has 1 saturated heterocycles. The maximum absolute atomic E-state index is 12.8. The van der Waals surface area contributed by atoms with E-state index in [1.54, 1.807) is 13.3 Å². The van der Waals surface area contributed by atoms with Crippen LogP contribution in [0.2, 0.25) is 0 Å². The number of amides is 1. The van der Waals surface area contributed by atoms with E-state index in [2.05, 4.69) is 17.2 Å². The van der Waals surface area contributed by atoms with Gasteiger partial charge in [0.25, 0.3) is 5.91 Å². The van der Waals surface area contributed by atoms with Gasteiger partial charge in [-0.15, -0.1) is 0 Å². The lowest BCUT2D eigenvalue weighted by Crippen LogP contribution is -2.43. The molecule has 0 spiro atoms. The Labute approximate surface area is 155 Å². The summed E-state index contributed by atoms with van der Waals surface area (Å²) in [7, 11) is 1.65. The number of pyridine rings is 1. The Bertz CT molecular complexity index is 758. The van der Waals surface area contributed by atoms with Gasteiger partial charge in [0, 0.05) is 18.8 Å². The number of methoxy groups -OCH3 is 1. The molecule has 1 aromatic carbocycles. The van der Waals surface area contributed by atoms with Crippen LogP contribution in [-0.2, 0) is 0 Å². The molecule has 5 heteroatoms. The molecule has 5 nitrogen and oxygen atoms in total. The van der Waals surface area contributed by atoms with Gasteiger partial charge in [0.05, 0.1) is 18.4 Å². The second-order valence-corrected chi connectivity index (χ2v) is 6.82. The van der Waals surface area contributed by atoms with Gasteiger partial charge in [-0.2, -0.15) is 0 Å². The Morgan fingerprint density at radius 1 is 1.31 bits per heavy atom. The van der Waals surface area contributed by atoms with Crippen molar-refractivity contribution in [2.24, 2.45) is 0 Å². The first-order chi connectivity index (χ1) is 12.6. The second-order valence-electron chi connectivity index (χ2n) is 6.82. The number of ether oxygens (including phenoxy) is 1. The van der Waals surface area contributed by atoms with E-state index in [0.29, 0.717) is 17.4 Å². The number of nitrogens with one attached hydrogen (secondary N) is 1. The molecule has 3 rings (SSSR count). The van der Waals surface area contributed by atoms with Crippen molar-refractivity contribution in [3.63, 3.8) is 0 Å². The number of rotatable bonds is 5. The number of carbonyl (C=O) groups excluding carboxylic acids is 1. The predicted molar refractivity (Wildman–Crippen MR) is 104 cm³/mol. The molecule has 2 aromatic rings. The number of aromatic nitrogens is 1. The average Bonchev–Trinajstić information content (AvgIpc) is 2.68. The second kappa shape index (κ2) is 8.21. The minimum atomic E-state index is 0.0868. The van der Waals surface area contributed by atoms with Crippen LogP contribution in [0.1, 0.15) is 48.5 Å². The maximum Gasteiger partial charge on any atom is 0.255 e. The lowest BCUT2D eigenvalue weighted by molar-refractivity contribution is 0.0607. The van der Waals surface area contributed by atoms with Crippen molar-refractivity contribution in [2.75, 3.05) is 19.0 Å². The Balaban J connectivity index is 1.74. The van der Waals surface area contributed by atoms with Gasteiger partial charge in [-0.05, 0) is 62.4 Å². The average molecular weight is 353 g/mol. The van der Waals surface area contributed by atoms with Crippen LogP contribution < -0.4 is 10.1 Å². The van der Waals surface area contributed by atoms with Crippen molar-refractivity contribution in [1.29, 1.82) is 0 Å². The molecule has 1 fully saturated rings. The maximum atomic E-state index is 12.8. The van der Waals surface area contributed by atoms with E-state index in [0.717, 1.165) is 42.8 Å². The van der Waals surface area contributed by atoms with Gasteiger partial charge in [0.1, 0.15) is 11.6 Å². The number of hydrogen-bond donors (Lipinski definition) is 1. The van der Waals surface area contributed by atoms with Crippen molar-refractivity contribution in [3.05, 3.63) is 47.7 Å². The standard InChI is InChI=1S/C21H27N3O2/c1-4-17-7-5-6-12-24(17)21(25)16-9-11-20(22-14-16)23-18-13-15(2)8-10-19(18)26-3/h8-11,13-14,17H,4-7,12H2,1-3H3,(H,22,23). The van der Waals surface area contributed by atoms with Gasteiger partial charge < -0.3 is 15.0 Å². The Morgan fingerprint density at radius 3 is 2.85 bits per heavy atom. The summed E-state index contributed by atoms with van der Waals surface area (Å²) in [5.74, 6) is 1.54. The topological polar surface area (TPSA) is 54.5 Å². The molecule has 1 amide bonds. The highest BCUT2D eigenvalue weighted by atomic mass is 16.5. The molecule has 1 aliphatic rings. The fourth-order valence-electron chi connectivity index (χ4n) is 3.51. The lowest BCUT2D eigenvalue weighted by Gasteiger charge is -2.35. The van der Waals surface area contributed by atoms with E-state index in [9.17, 15) is 4.79 Å². The minimum absolute atomic E-state index is 0.0868. The molecule has 0 bridgehead atoms. The van der Waals surface area contributed by atoms with Gasteiger partial charge in [-0.3, -0.25) is 4.79 Å². The van der Waals surface area contributed by atoms with Crippen LogP contribution in [0, 0.1) is 6.92 Å². The van der Waals surface area contributed by atoms with Crippen molar-refractivity contribution >= 4 is 17.4 Å². The van der Waals surface area contributed by atoms with Crippen molar-refractivity contribution < 1.29 is 9.53 Å². The number of likely N-dealkylation sites (tertiary alicyclic amines) is 1. The molecule has 0 radical (unpaired) electrons. The number of carbonyl (C=O) groups is 1. The van der Waals surface area contributed by atoms with Gasteiger partial charge in [0.15, 0.2) is 0 Å². The van der Waals surface area contributed by atoms with E-state index in [4.69, 9.17) is 4.74 Å². The molecule has 26 heavy (non-hydrogen) atoms. The van der Waals surface area contributed by atoms with Crippen LogP contribution in [0.5, 0.6) is 5.75 Å². The molecule has 0 aliphatic carbocycles. The smallest absolute Gasteiger partial charge is 0.255 e. The molecule has 1 atom stereocenters. The zero-order valence-electron chi connectivity index (χ0n) is 15.8. The summed E-state index contributed by atoms with van der Waals surface area (Å²) >= 11 is 0. The highest BCUT2D eigenvalue weighted by Gasteiger charge is 2.26. The molecule has 138 valence electrons. The molecule has 0 saturated carbocycles. The number of aryl methyl sites for hydroxylation is 1. The molecule has 2 heterocycles. The monoisotopic (exact) mass is 353 g/mol. The van der Waals surface area contributed by atoms with E-state index < -0.39 is 0 Å². The van der Waals surface area contributed by atoms with E-state index in [-0.39, 0.29) is 5.91 Å². The van der Waals surface area contributed by atoms with Crippen LogP contribution >= 0.6 is 0 Å². The lowest BCUT2D eigenvalue weighted by atomic mass is 9.99. The van der Waals surface area contributed by atoms with Crippen molar-refractivity contribution in [3.8, 4) is 5.75 Å². The van der Waals surface area contributed by atoms with Gasteiger partial charge >= 0.3 is 0 Å². The summed E-state index contributed by atoms with van der Waals surface area (Å²) in [6.07, 6.45) is 6.06. The third-order valence-corrected chi connectivity index (χ3v) is 4.99. The zero-order chi connectivity index (χ0) is 18.5. The number of benzene rings is 1. The largest absolute Gasteiger partial charge is 0.495 e. The molecule has 1 unspecified atom stereocenters. The van der Waals surface area contributed by atoms with E-state index in [1.165, 1.54) is 6.42 Å². The number of piperidine rings is 1. The van der Waals surface area contributed by atoms with Crippen LogP contribution in [0.4, 0.5) is 11.5 Å². The van der Waals surface area contributed by atoms with E-state index in [1.807, 2.05) is 42.2 Å². The number of anilines is 2. The molecule has 1 aromatic heterocycles. The van der Waals surface area contributed by atoms with Gasteiger partial charge in [-0.1, -0.05) is 13.0 Å². The minimum Gasteiger partial charge on any atom is -0.495 e. The van der Waals surface area contributed by atoms with Gasteiger partial charge in [0.2, 0.25) is 0 Å². The highest BCUT2D eigenvalue weighted by Crippen LogP contribution is 2.28. The summed E-state index contributed by atoms with van der Waals surface area (Å²) in [5, 5.41) is 3.27. The third-order valence-electron chi connectivity index (χ3n) is 4.99. The fraction of sp³-hybridized carbons (Fsp3) is 0.429. The number of nitrogens with zero attached hydrogens (tertiary/aromatic N) is 2. The summed E-state index contributed by atoms with van der Waals surface area (Å²) in [4.78, 5) is 19.3. The first kappa shape index (κ1) is 18.2. The van der Waals surface area contributed by atoms with Crippen molar-refractivity contribution in [2.45, 2.75) is 45.6 Å². The summed E-state index contributed by atoms with van der Waals surface area (Å²) in [6.45, 7) is 5.02.